The summed E-state index contributed by atoms with van der Waals surface area (Å²) in [6, 6.07) is 10.3. The van der Waals surface area contributed by atoms with E-state index in [9.17, 15) is 4.79 Å². The SMILES string of the molecule is O=C1C[C@]23C=C[C@H]1C[C@H]2CCCC3OCc1ccccc1. The quantitative estimate of drug-likeness (QED) is 0.786. The first-order valence-corrected chi connectivity index (χ1v) is 8.15. The van der Waals surface area contributed by atoms with E-state index in [0.29, 0.717) is 24.7 Å². The lowest BCUT2D eigenvalue weighted by atomic mass is 9.52. The predicted molar refractivity (Wildman–Crippen MR) is 81.7 cm³/mol. The van der Waals surface area contributed by atoms with Gasteiger partial charge in [-0.25, -0.2) is 0 Å². The number of carbonyl (C=O) groups is 1. The van der Waals surface area contributed by atoms with Gasteiger partial charge in [-0.2, -0.15) is 0 Å². The van der Waals surface area contributed by atoms with E-state index in [1.807, 2.05) is 6.07 Å². The first-order chi connectivity index (χ1) is 10.3. The molecule has 0 heterocycles. The fourth-order valence-corrected chi connectivity index (χ4v) is 4.61. The molecular formula is C19H22O2. The second-order valence-electron chi connectivity index (χ2n) is 6.87. The largest absolute Gasteiger partial charge is 0.373 e. The third kappa shape index (κ3) is 2.17. The zero-order valence-corrected chi connectivity index (χ0v) is 12.3. The number of hydrogen-bond donors (Lipinski definition) is 0. The van der Waals surface area contributed by atoms with E-state index in [2.05, 4.69) is 36.4 Å². The van der Waals surface area contributed by atoms with Crippen LogP contribution in [0.1, 0.15) is 37.7 Å². The summed E-state index contributed by atoms with van der Waals surface area (Å²) in [5, 5.41) is 0. The van der Waals surface area contributed by atoms with Crippen molar-refractivity contribution in [2.24, 2.45) is 17.3 Å². The summed E-state index contributed by atoms with van der Waals surface area (Å²) in [6.45, 7) is 0.658. The van der Waals surface area contributed by atoms with Crippen LogP contribution in [0, 0.1) is 17.3 Å². The summed E-state index contributed by atoms with van der Waals surface area (Å²) >= 11 is 0. The molecule has 0 aromatic heterocycles. The number of hydrogen-bond acceptors (Lipinski definition) is 2. The van der Waals surface area contributed by atoms with Crippen molar-refractivity contribution in [3.8, 4) is 0 Å². The Morgan fingerprint density at radius 1 is 1.19 bits per heavy atom. The summed E-state index contributed by atoms with van der Waals surface area (Å²) in [5.41, 5.74) is 1.22. The summed E-state index contributed by atoms with van der Waals surface area (Å²) in [5.74, 6) is 1.29. The minimum atomic E-state index is -0.00113. The second-order valence-corrected chi connectivity index (χ2v) is 6.87. The molecule has 2 saturated carbocycles. The Kier molecular flexibility index (Phi) is 3.22. The second kappa shape index (κ2) is 5.10. The number of allylic oxidation sites excluding steroid dienone is 1. The van der Waals surface area contributed by atoms with Crippen molar-refractivity contribution in [3.63, 3.8) is 0 Å². The smallest absolute Gasteiger partial charge is 0.140 e. The molecule has 0 aliphatic heterocycles. The molecule has 4 aliphatic carbocycles. The molecule has 1 aromatic carbocycles. The molecular weight excluding hydrogens is 260 g/mol. The van der Waals surface area contributed by atoms with Gasteiger partial charge in [-0.3, -0.25) is 4.79 Å². The minimum absolute atomic E-state index is 0.00113. The number of ether oxygens (including phenoxy) is 1. The van der Waals surface area contributed by atoms with Crippen molar-refractivity contribution < 1.29 is 9.53 Å². The van der Waals surface area contributed by atoms with Crippen LogP contribution in [-0.2, 0) is 16.1 Å². The van der Waals surface area contributed by atoms with Crippen molar-refractivity contribution >= 4 is 5.78 Å². The molecule has 0 saturated heterocycles. The van der Waals surface area contributed by atoms with Crippen LogP contribution in [0.15, 0.2) is 42.5 Å². The maximum atomic E-state index is 12.2. The molecule has 1 unspecified atom stereocenters. The molecule has 2 fully saturated rings. The van der Waals surface area contributed by atoms with Gasteiger partial charge in [-0.05, 0) is 30.7 Å². The van der Waals surface area contributed by atoms with Crippen LogP contribution in [0.25, 0.3) is 0 Å². The predicted octanol–water partition coefficient (Wildman–Crippen LogP) is 3.91. The Morgan fingerprint density at radius 3 is 2.86 bits per heavy atom. The maximum absolute atomic E-state index is 12.2. The van der Waals surface area contributed by atoms with Gasteiger partial charge in [0.25, 0.3) is 0 Å². The third-order valence-electron chi connectivity index (χ3n) is 5.74. The average molecular weight is 282 g/mol. The monoisotopic (exact) mass is 282 g/mol. The van der Waals surface area contributed by atoms with Gasteiger partial charge in [0.15, 0.2) is 0 Å². The summed E-state index contributed by atoms with van der Waals surface area (Å²) in [6.07, 6.45) is 10.1. The van der Waals surface area contributed by atoms with Crippen molar-refractivity contribution in [3.05, 3.63) is 48.0 Å². The normalized spacial score (nSPS) is 37.5. The third-order valence-corrected chi connectivity index (χ3v) is 5.74. The first kappa shape index (κ1) is 13.3. The Balaban J connectivity index is 1.55. The number of ketones is 1. The first-order valence-electron chi connectivity index (χ1n) is 8.15. The number of rotatable bonds is 3. The van der Waals surface area contributed by atoms with Gasteiger partial charge in [-0.15, -0.1) is 0 Å². The highest BCUT2D eigenvalue weighted by molar-refractivity contribution is 5.86. The lowest BCUT2D eigenvalue weighted by Gasteiger charge is -2.54. The molecule has 0 radical (unpaired) electrons. The molecule has 4 atom stereocenters. The topological polar surface area (TPSA) is 26.3 Å². The Morgan fingerprint density at radius 2 is 2.05 bits per heavy atom. The van der Waals surface area contributed by atoms with Crippen molar-refractivity contribution in [2.45, 2.75) is 44.8 Å². The summed E-state index contributed by atoms with van der Waals surface area (Å²) in [4.78, 5) is 12.2. The lowest BCUT2D eigenvalue weighted by molar-refractivity contribution is -0.144. The van der Waals surface area contributed by atoms with Gasteiger partial charge in [0.05, 0.1) is 12.7 Å². The highest BCUT2D eigenvalue weighted by atomic mass is 16.5. The van der Waals surface area contributed by atoms with E-state index >= 15 is 0 Å². The van der Waals surface area contributed by atoms with Crippen molar-refractivity contribution in [1.82, 2.24) is 0 Å². The molecule has 2 nitrogen and oxygen atoms in total. The molecule has 4 aliphatic rings. The Labute approximate surface area is 126 Å². The molecule has 2 bridgehead atoms. The fraction of sp³-hybridized carbons (Fsp3) is 0.526. The van der Waals surface area contributed by atoms with Crippen LogP contribution in [0.3, 0.4) is 0 Å². The summed E-state index contributed by atoms with van der Waals surface area (Å²) in [7, 11) is 0. The molecule has 0 N–H and O–H groups in total. The van der Waals surface area contributed by atoms with Gasteiger partial charge in [0.1, 0.15) is 5.78 Å². The van der Waals surface area contributed by atoms with Crippen LogP contribution >= 0.6 is 0 Å². The van der Waals surface area contributed by atoms with E-state index in [-0.39, 0.29) is 17.4 Å². The van der Waals surface area contributed by atoms with Crippen LogP contribution in [0.4, 0.5) is 0 Å². The highest BCUT2D eigenvalue weighted by Gasteiger charge is 2.54. The summed E-state index contributed by atoms with van der Waals surface area (Å²) < 4.78 is 6.30. The van der Waals surface area contributed by atoms with Crippen LogP contribution in [-0.4, -0.2) is 11.9 Å². The van der Waals surface area contributed by atoms with E-state index in [1.54, 1.807) is 0 Å². The molecule has 5 rings (SSSR count). The maximum Gasteiger partial charge on any atom is 0.140 e. The molecule has 110 valence electrons. The number of benzene rings is 1. The van der Waals surface area contributed by atoms with E-state index < -0.39 is 0 Å². The van der Waals surface area contributed by atoms with Gasteiger partial charge in [0.2, 0.25) is 0 Å². The Hall–Kier alpha value is -1.41. The van der Waals surface area contributed by atoms with Crippen molar-refractivity contribution in [2.75, 3.05) is 0 Å². The van der Waals surface area contributed by atoms with Crippen LogP contribution in [0.5, 0.6) is 0 Å². The van der Waals surface area contributed by atoms with Crippen LogP contribution in [0.2, 0.25) is 0 Å². The molecule has 0 amide bonds. The van der Waals surface area contributed by atoms with Crippen molar-refractivity contribution in [1.29, 1.82) is 0 Å². The molecule has 1 spiro atoms. The average Bonchev–Trinajstić information content (AvgIpc) is 2.53. The zero-order chi connectivity index (χ0) is 14.3. The molecule has 21 heavy (non-hydrogen) atoms. The molecule has 2 heteroatoms. The van der Waals surface area contributed by atoms with Gasteiger partial charge < -0.3 is 4.74 Å². The zero-order valence-electron chi connectivity index (χ0n) is 12.3. The van der Waals surface area contributed by atoms with E-state index in [0.717, 1.165) is 12.8 Å². The van der Waals surface area contributed by atoms with E-state index in [1.165, 1.54) is 18.4 Å². The lowest BCUT2D eigenvalue weighted by Crippen LogP contribution is -2.53. The fourth-order valence-electron chi connectivity index (χ4n) is 4.61. The Bertz CT molecular complexity index is 562. The standard InChI is InChI=1S/C19H22O2/c20-17-12-19-10-9-15(17)11-16(19)7-4-8-18(19)21-13-14-5-2-1-3-6-14/h1-3,5-6,9-10,15-16,18H,4,7-8,11-13H2/t15-,16+,18?,19+/m0/s1. The van der Waals surface area contributed by atoms with Gasteiger partial charge in [0, 0.05) is 17.8 Å². The van der Waals surface area contributed by atoms with E-state index in [4.69, 9.17) is 4.74 Å². The minimum Gasteiger partial charge on any atom is -0.373 e. The molecule has 1 aromatic rings. The number of Topliss-reactive ketones (excluding diaryl/α,β-unsaturated/α-hetero) is 1. The van der Waals surface area contributed by atoms with Crippen LogP contribution < -0.4 is 0 Å². The highest BCUT2D eigenvalue weighted by Crippen LogP contribution is 2.56. The van der Waals surface area contributed by atoms with Gasteiger partial charge in [-0.1, -0.05) is 48.9 Å². The number of fused-ring (bicyclic) bond motifs is 1. The number of carbonyl (C=O) groups excluding carboxylic acids is 1. The van der Waals surface area contributed by atoms with Gasteiger partial charge >= 0.3 is 0 Å².